The first-order valence-electron chi connectivity index (χ1n) is 11.1. The Morgan fingerprint density at radius 3 is 2.50 bits per heavy atom. The topological polar surface area (TPSA) is 66.8 Å². The number of ether oxygens (including phenoxy) is 1. The number of unbranched alkanes of at least 4 members (excludes halogenated alkanes) is 6. The zero-order valence-corrected chi connectivity index (χ0v) is 19.0. The van der Waals surface area contributed by atoms with Gasteiger partial charge in [-0.3, -0.25) is 0 Å². The molecule has 5 heteroatoms. The molecule has 1 saturated carbocycles. The fraction of sp³-hybridized carbons (Fsp3) is 0.870. The lowest BCUT2D eigenvalue weighted by atomic mass is 9.86. The van der Waals surface area contributed by atoms with E-state index in [1.54, 1.807) is 0 Å². The summed E-state index contributed by atoms with van der Waals surface area (Å²) in [5.74, 6) is 0.189. The normalized spacial score (nSPS) is 22.8. The predicted octanol–water partition coefficient (Wildman–Crippen LogP) is 5.32. The molecule has 2 N–H and O–H groups in total. The summed E-state index contributed by atoms with van der Waals surface area (Å²) in [7, 11) is 1.17. The summed E-state index contributed by atoms with van der Waals surface area (Å²) in [4.78, 5) is 11.3. The Balaban J connectivity index is 2.38. The fourth-order valence-corrected chi connectivity index (χ4v) is 5.24. The molecule has 0 aliphatic heterocycles. The van der Waals surface area contributed by atoms with E-state index in [2.05, 4.69) is 30.1 Å². The van der Waals surface area contributed by atoms with Crippen LogP contribution in [0.1, 0.15) is 84.0 Å². The van der Waals surface area contributed by atoms with Crippen LogP contribution < -0.4 is 0 Å². The minimum atomic E-state index is -2.34. The Bertz CT molecular complexity index is 450. The molecule has 0 unspecified atom stereocenters. The van der Waals surface area contributed by atoms with Gasteiger partial charge in [0.05, 0.1) is 7.11 Å². The average Bonchev–Trinajstić information content (AvgIpc) is 3.05. The molecule has 0 amide bonds. The summed E-state index contributed by atoms with van der Waals surface area (Å²) in [5, 5.41) is 19.3. The molecule has 0 aromatic carbocycles. The van der Waals surface area contributed by atoms with E-state index in [1.807, 2.05) is 11.8 Å². The largest absolute Gasteiger partial charge is 0.465 e. The molecule has 0 radical (unpaired) electrons. The zero-order valence-electron chi connectivity index (χ0n) is 18.2. The van der Waals surface area contributed by atoms with E-state index in [0.29, 0.717) is 12.3 Å². The minimum absolute atomic E-state index is 0.0422. The molecule has 0 spiro atoms. The van der Waals surface area contributed by atoms with Crippen molar-refractivity contribution in [2.45, 2.75) is 89.8 Å². The first-order chi connectivity index (χ1) is 13.5. The highest BCUT2D eigenvalue weighted by atomic mass is 32.2. The fourth-order valence-electron chi connectivity index (χ4n) is 4.42. The summed E-state index contributed by atoms with van der Waals surface area (Å²) >= 11 is 1.96. The summed E-state index contributed by atoms with van der Waals surface area (Å²) in [6, 6.07) is 0. The standard InChI is InChI=1S/C23H42O4S/c1-4-5-6-7-8-11-14-21-19(15-16-20(21)18-28-3)13-10-9-12-17-23(25,26)22(24)27-2/h11,14,19-21,25-26H,4-10,12-13,15-18H2,1-3H3/t19-,20+,21-/m1/s1. The molecular formula is C23H42O4S. The quantitative estimate of drug-likeness (QED) is 0.164. The first kappa shape index (κ1) is 25.5. The van der Waals surface area contributed by atoms with Gasteiger partial charge in [-0.1, -0.05) is 51.2 Å². The second kappa shape index (κ2) is 14.5. The van der Waals surface area contributed by atoms with E-state index < -0.39 is 11.8 Å². The molecule has 1 aliphatic rings. The monoisotopic (exact) mass is 414 g/mol. The summed E-state index contributed by atoms with van der Waals surface area (Å²) < 4.78 is 4.42. The maximum Gasteiger partial charge on any atom is 0.366 e. The number of allylic oxidation sites excluding steroid dienone is 2. The van der Waals surface area contributed by atoms with Crippen molar-refractivity contribution in [2.24, 2.45) is 17.8 Å². The van der Waals surface area contributed by atoms with Crippen LogP contribution in [0.15, 0.2) is 12.2 Å². The number of methoxy groups -OCH3 is 1. The van der Waals surface area contributed by atoms with Crippen molar-refractivity contribution in [3.8, 4) is 0 Å². The van der Waals surface area contributed by atoms with Crippen LogP contribution in [0.25, 0.3) is 0 Å². The molecule has 1 fully saturated rings. The Kier molecular flexibility index (Phi) is 13.2. The number of rotatable bonds is 15. The molecular weight excluding hydrogens is 372 g/mol. The first-order valence-corrected chi connectivity index (χ1v) is 12.5. The molecule has 28 heavy (non-hydrogen) atoms. The van der Waals surface area contributed by atoms with Crippen molar-refractivity contribution in [2.75, 3.05) is 19.1 Å². The molecule has 1 rings (SSSR count). The van der Waals surface area contributed by atoms with Gasteiger partial charge < -0.3 is 14.9 Å². The summed E-state index contributed by atoms with van der Waals surface area (Å²) in [5.41, 5.74) is 0. The van der Waals surface area contributed by atoms with Gasteiger partial charge in [0.1, 0.15) is 0 Å². The van der Waals surface area contributed by atoms with E-state index in [1.165, 1.54) is 64.2 Å². The van der Waals surface area contributed by atoms with E-state index >= 15 is 0 Å². The highest BCUT2D eigenvalue weighted by molar-refractivity contribution is 7.98. The third-order valence-electron chi connectivity index (χ3n) is 6.07. The SMILES string of the molecule is CCCCCCC=C[C@@H]1[C@H](CCCCCC(O)(O)C(=O)OC)CC[C@H]1CSC. The number of carbonyl (C=O) groups excluding carboxylic acids is 1. The van der Waals surface area contributed by atoms with Crippen LogP contribution in [0.2, 0.25) is 0 Å². The highest BCUT2D eigenvalue weighted by Crippen LogP contribution is 2.42. The van der Waals surface area contributed by atoms with Crippen LogP contribution in [0, 0.1) is 17.8 Å². The van der Waals surface area contributed by atoms with E-state index in [9.17, 15) is 15.0 Å². The van der Waals surface area contributed by atoms with Crippen molar-refractivity contribution >= 4 is 17.7 Å². The number of hydrogen-bond donors (Lipinski definition) is 2. The molecule has 0 aromatic rings. The maximum atomic E-state index is 11.3. The third kappa shape index (κ3) is 9.32. The Hall–Kier alpha value is -0.520. The molecule has 0 saturated heterocycles. The van der Waals surface area contributed by atoms with Gasteiger partial charge in [-0.15, -0.1) is 0 Å². The third-order valence-corrected chi connectivity index (χ3v) is 6.83. The predicted molar refractivity (Wildman–Crippen MR) is 118 cm³/mol. The Morgan fingerprint density at radius 2 is 1.82 bits per heavy atom. The molecule has 4 nitrogen and oxygen atoms in total. The van der Waals surface area contributed by atoms with Crippen molar-refractivity contribution in [1.82, 2.24) is 0 Å². The van der Waals surface area contributed by atoms with Crippen LogP contribution in [0.4, 0.5) is 0 Å². The molecule has 164 valence electrons. The van der Waals surface area contributed by atoms with Crippen molar-refractivity contribution in [3.05, 3.63) is 12.2 Å². The van der Waals surface area contributed by atoms with Crippen molar-refractivity contribution < 1.29 is 19.7 Å². The molecule has 1 aliphatic carbocycles. The minimum Gasteiger partial charge on any atom is -0.465 e. The van der Waals surface area contributed by atoms with E-state index in [-0.39, 0.29) is 6.42 Å². The molecule has 3 atom stereocenters. The number of thioether (sulfide) groups is 1. The van der Waals surface area contributed by atoms with Gasteiger partial charge in [0.15, 0.2) is 0 Å². The lowest BCUT2D eigenvalue weighted by molar-refractivity contribution is -0.209. The van der Waals surface area contributed by atoms with E-state index in [0.717, 1.165) is 24.7 Å². The van der Waals surface area contributed by atoms with Crippen LogP contribution in [-0.2, 0) is 9.53 Å². The second-order valence-electron chi connectivity index (χ2n) is 8.32. The second-order valence-corrected chi connectivity index (χ2v) is 9.23. The van der Waals surface area contributed by atoms with Crippen LogP contribution in [-0.4, -0.2) is 41.1 Å². The maximum absolute atomic E-state index is 11.3. The number of aliphatic hydroxyl groups is 2. The van der Waals surface area contributed by atoms with Gasteiger partial charge in [0, 0.05) is 6.42 Å². The Labute approximate surface area is 176 Å². The number of carbonyl (C=O) groups is 1. The average molecular weight is 415 g/mol. The van der Waals surface area contributed by atoms with Gasteiger partial charge in [0.25, 0.3) is 5.79 Å². The number of esters is 1. The lowest BCUT2D eigenvalue weighted by Crippen LogP contribution is -2.39. The van der Waals surface area contributed by atoms with Crippen LogP contribution in [0.3, 0.4) is 0 Å². The van der Waals surface area contributed by atoms with Gasteiger partial charge in [-0.2, -0.15) is 11.8 Å². The zero-order chi connectivity index (χ0) is 20.8. The summed E-state index contributed by atoms with van der Waals surface area (Å²) in [6.07, 6.45) is 20.1. The van der Waals surface area contributed by atoms with Gasteiger partial charge in [-0.05, 0) is 68.3 Å². The Morgan fingerprint density at radius 1 is 1.11 bits per heavy atom. The van der Waals surface area contributed by atoms with Gasteiger partial charge >= 0.3 is 5.97 Å². The van der Waals surface area contributed by atoms with Gasteiger partial charge in [-0.25, -0.2) is 4.79 Å². The van der Waals surface area contributed by atoms with Crippen molar-refractivity contribution in [3.63, 3.8) is 0 Å². The molecule has 0 aromatic heterocycles. The molecule has 0 heterocycles. The van der Waals surface area contributed by atoms with Crippen LogP contribution in [0.5, 0.6) is 0 Å². The summed E-state index contributed by atoms with van der Waals surface area (Å²) in [6.45, 7) is 2.25. The van der Waals surface area contributed by atoms with Gasteiger partial charge in [0.2, 0.25) is 0 Å². The smallest absolute Gasteiger partial charge is 0.366 e. The lowest BCUT2D eigenvalue weighted by Gasteiger charge is -2.22. The molecule has 0 bridgehead atoms. The van der Waals surface area contributed by atoms with Crippen LogP contribution >= 0.6 is 11.8 Å². The van der Waals surface area contributed by atoms with E-state index in [4.69, 9.17) is 0 Å². The van der Waals surface area contributed by atoms with Crippen molar-refractivity contribution in [1.29, 1.82) is 0 Å². The highest BCUT2D eigenvalue weighted by Gasteiger charge is 2.35. The number of hydrogen-bond acceptors (Lipinski definition) is 5.